The number of benzene rings is 1. The fraction of sp³-hybridized carbons (Fsp3) is 0.125. The zero-order chi connectivity index (χ0) is 14.1. The van der Waals surface area contributed by atoms with Crippen LogP contribution < -0.4 is 5.11 Å². The van der Waals surface area contributed by atoms with Gasteiger partial charge in [-0.2, -0.15) is 26.0 Å². The lowest BCUT2D eigenvalue weighted by molar-refractivity contribution is -0.212. The van der Waals surface area contributed by atoms with Gasteiger partial charge in [0.2, 0.25) is 0 Å². The van der Waals surface area contributed by atoms with E-state index in [9.17, 15) is 35.5 Å². The highest BCUT2D eigenvalue weighted by molar-refractivity contribution is 7.91. The summed E-state index contributed by atoms with van der Waals surface area (Å²) < 4.78 is 84.0. The molecule has 10 heteroatoms. The van der Waals surface area contributed by atoms with Crippen molar-refractivity contribution in [3.63, 3.8) is 0 Å². The van der Waals surface area contributed by atoms with Gasteiger partial charge in [0.15, 0.2) is 0 Å². The van der Waals surface area contributed by atoms with Crippen LogP contribution in [0.25, 0.3) is 0 Å². The van der Waals surface area contributed by atoms with Gasteiger partial charge in [0.1, 0.15) is 11.6 Å². The molecule has 4 nitrogen and oxygen atoms in total. The zero-order valence-electron chi connectivity index (χ0n) is 8.20. The van der Waals surface area contributed by atoms with Gasteiger partial charge in [-0.05, 0) is 12.1 Å². The largest absolute Gasteiger partial charge is 0.858 e. The standard InChI is InChI=1S/C8H4F5NO3S/c9-4-1-2-5(6(10)3-4)7(15)14-18(16,17)8(11,12)13/h1-3H,(H,14,15)/p-1. The van der Waals surface area contributed by atoms with E-state index in [1.54, 1.807) is 0 Å². The summed E-state index contributed by atoms with van der Waals surface area (Å²) in [6.07, 6.45) is 0. The van der Waals surface area contributed by atoms with Crippen LogP contribution in [0.3, 0.4) is 0 Å². The maximum atomic E-state index is 13.0. The Morgan fingerprint density at radius 1 is 1.22 bits per heavy atom. The maximum Gasteiger partial charge on any atom is 0.518 e. The summed E-state index contributed by atoms with van der Waals surface area (Å²) in [5.41, 5.74) is -6.84. The van der Waals surface area contributed by atoms with Gasteiger partial charge in [-0.1, -0.05) is 0 Å². The van der Waals surface area contributed by atoms with Crippen LogP contribution in [-0.2, 0) is 10.0 Å². The summed E-state index contributed by atoms with van der Waals surface area (Å²) in [4.78, 5) is 0. The van der Waals surface area contributed by atoms with Crippen LogP contribution in [0.15, 0.2) is 22.6 Å². The molecular formula is C8H3F5NO3S-. The van der Waals surface area contributed by atoms with Crippen molar-refractivity contribution in [2.45, 2.75) is 5.51 Å². The van der Waals surface area contributed by atoms with Gasteiger partial charge in [-0.3, -0.25) is 0 Å². The SMILES string of the molecule is O=S(=O)(/N=C(\[O-])c1ccc(F)cc1F)C(F)(F)F. The summed E-state index contributed by atoms with van der Waals surface area (Å²) in [5.74, 6) is -4.56. The first-order valence-corrected chi connectivity index (χ1v) is 5.52. The molecule has 0 aromatic heterocycles. The first-order chi connectivity index (χ1) is 8.04. The van der Waals surface area contributed by atoms with Crippen molar-refractivity contribution in [3.8, 4) is 0 Å². The molecule has 0 heterocycles. The predicted octanol–water partition coefficient (Wildman–Crippen LogP) is 0.921. The molecule has 0 fully saturated rings. The molecular weight excluding hydrogens is 285 g/mol. The Morgan fingerprint density at radius 3 is 2.22 bits per heavy atom. The van der Waals surface area contributed by atoms with Crippen LogP contribution in [0.4, 0.5) is 22.0 Å². The molecule has 0 aliphatic rings. The molecule has 0 bridgehead atoms. The van der Waals surface area contributed by atoms with Crippen molar-refractivity contribution < 1.29 is 35.5 Å². The summed E-state index contributed by atoms with van der Waals surface area (Å²) >= 11 is 0. The Hall–Kier alpha value is -1.71. The lowest BCUT2D eigenvalue weighted by Gasteiger charge is -2.12. The van der Waals surface area contributed by atoms with E-state index in [2.05, 4.69) is 0 Å². The predicted molar refractivity (Wildman–Crippen MR) is 47.9 cm³/mol. The smallest absolute Gasteiger partial charge is 0.518 e. The van der Waals surface area contributed by atoms with Gasteiger partial charge in [0.05, 0.1) is 0 Å². The zero-order valence-corrected chi connectivity index (χ0v) is 9.02. The molecule has 0 unspecified atom stereocenters. The molecule has 1 aromatic carbocycles. The minimum Gasteiger partial charge on any atom is -0.858 e. The van der Waals surface area contributed by atoms with E-state index >= 15 is 0 Å². The van der Waals surface area contributed by atoms with Crippen molar-refractivity contribution in [2.75, 3.05) is 0 Å². The monoisotopic (exact) mass is 288 g/mol. The number of hydrogen-bond donors (Lipinski definition) is 0. The molecule has 0 aliphatic carbocycles. The average molecular weight is 288 g/mol. The van der Waals surface area contributed by atoms with Crippen LogP contribution in [-0.4, -0.2) is 19.8 Å². The van der Waals surface area contributed by atoms with E-state index in [4.69, 9.17) is 0 Å². The van der Waals surface area contributed by atoms with Gasteiger partial charge < -0.3 is 5.11 Å². The minimum absolute atomic E-state index is 0.211. The molecule has 0 saturated heterocycles. The number of hydrogen-bond acceptors (Lipinski definition) is 3. The second-order valence-corrected chi connectivity index (χ2v) is 4.54. The molecule has 0 saturated carbocycles. The van der Waals surface area contributed by atoms with Crippen LogP contribution in [0, 0.1) is 11.6 Å². The Labute approximate surface area is 97.4 Å². The van der Waals surface area contributed by atoms with Gasteiger partial charge >= 0.3 is 15.5 Å². The summed E-state index contributed by atoms with van der Waals surface area (Å²) in [6, 6.07) is 1.28. The molecule has 1 aromatic rings. The summed E-state index contributed by atoms with van der Waals surface area (Å²) in [6.45, 7) is 0. The third-order valence-electron chi connectivity index (χ3n) is 1.66. The molecule has 0 radical (unpaired) electrons. The van der Waals surface area contributed by atoms with Crippen molar-refractivity contribution in [2.24, 2.45) is 4.40 Å². The summed E-state index contributed by atoms with van der Waals surface area (Å²) in [7, 11) is -6.06. The lowest BCUT2D eigenvalue weighted by atomic mass is 10.2. The normalized spacial score (nSPS) is 13.7. The van der Waals surface area contributed by atoms with Crippen LogP contribution in [0.1, 0.15) is 5.56 Å². The molecule has 0 spiro atoms. The van der Waals surface area contributed by atoms with Crippen LogP contribution >= 0.6 is 0 Å². The second kappa shape index (κ2) is 4.52. The third-order valence-corrected chi connectivity index (χ3v) is 2.65. The minimum atomic E-state index is -6.06. The van der Waals surface area contributed by atoms with Crippen LogP contribution in [0.2, 0.25) is 0 Å². The second-order valence-electron chi connectivity index (χ2n) is 2.94. The number of nitrogens with zero attached hydrogens (tertiary/aromatic N) is 1. The topological polar surface area (TPSA) is 69.6 Å². The van der Waals surface area contributed by atoms with Crippen molar-refractivity contribution in [1.29, 1.82) is 0 Å². The van der Waals surface area contributed by atoms with Gasteiger partial charge in [-0.15, -0.1) is 0 Å². The fourth-order valence-corrected chi connectivity index (χ4v) is 1.29. The van der Waals surface area contributed by atoms with Crippen molar-refractivity contribution in [3.05, 3.63) is 35.4 Å². The van der Waals surface area contributed by atoms with E-state index in [-0.39, 0.29) is 6.07 Å². The number of halogens is 5. The average Bonchev–Trinajstić information content (AvgIpc) is 2.14. The molecule has 0 atom stereocenters. The van der Waals surface area contributed by atoms with Crippen LogP contribution in [0.5, 0.6) is 0 Å². The van der Waals surface area contributed by atoms with Gasteiger partial charge in [0, 0.05) is 17.5 Å². The Morgan fingerprint density at radius 2 is 1.78 bits per heavy atom. The molecule has 18 heavy (non-hydrogen) atoms. The lowest BCUT2D eigenvalue weighted by Crippen LogP contribution is -2.27. The Kier molecular flexibility index (Phi) is 3.60. The van der Waals surface area contributed by atoms with E-state index in [1.165, 1.54) is 0 Å². The highest BCUT2D eigenvalue weighted by Gasteiger charge is 2.45. The first kappa shape index (κ1) is 14.4. The first-order valence-electron chi connectivity index (χ1n) is 4.08. The number of alkyl halides is 3. The highest BCUT2D eigenvalue weighted by atomic mass is 32.2. The highest BCUT2D eigenvalue weighted by Crippen LogP contribution is 2.25. The molecule has 0 aliphatic heterocycles. The van der Waals surface area contributed by atoms with E-state index in [1.807, 2.05) is 4.40 Å². The molecule has 0 amide bonds. The molecule has 1 rings (SSSR count). The number of rotatable bonds is 2. The van der Waals surface area contributed by atoms with E-state index in [0.29, 0.717) is 12.1 Å². The Balaban J connectivity index is 3.27. The maximum absolute atomic E-state index is 13.0. The van der Waals surface area contributed by atoms with E-state index in [0.717, 1.165) is 0 Å². The molecule has 0 N–H and O–H groups in total. The quantitative estimate of drug-likeness (QED) is 0.461. The fourth-order valence-electron chi connectivity index (χ4n) is 0.873. The van der Waals surface area contributed by atoms with Gasteiger partial charge in [-0.25, -0.2) is 8.78 Å². The summed E-state index contributed by atoms with van der Waals surface area (Å²) in [5, 5.41) is 11.0. The van der Waals surface area contributed by atoms with Gasteiger partial charge in [0.25, 0.3) is 0 Å². The van der Waals surface area contributed by atoms with Crippen molar-refractivity contribution >= 4 is 15.9 Å². The number of sulfonamides is 1. The Bertz CT molecular complexity index is 593. The third kappa shape index (κ3) is 2.94. The van der Waals surface area contributed by atoms with E-state index < -0.39 is 38.6 Å². The van der Waals surface area contributed by atoms with Crippen molar-refractivity contribution in [1.82, 2.24) is 0 Å². The molecule has 100 valence electrons.